The van der Waals surface area contributed by atoms with Gasteiger partial charge in [-0.1, -0.05) is 12.8 Å². The molecule has 1 N–H and O–H groups in total. The maximum absolute atomic E-state index is 11.9. The van der Waals surface area contributed by atoms with Crippen molar-refractivity contribution in [3.8, 4) is 18.4 Å². The monoisotopic (exact) mass is 218 g/mol. The van der Waals surface area contributed by atoms with Crippen LogP contribution >= 0.6 is 0 Å². The van der Waals surface area contributed by atoms with Crippen molar-refractivity contribution in [1.82, 2.24) is 5.32 Å². The zero-order valence-electron chi connectivity index (χ0n) is 9.59. The molecule has 0 aromatic heterocycles. The highest BCUT2D eigenvalue weighted by molar-refractivity contribution is 5.85. The first-order chi connectivity index (χ1) is 7.75. The number of amides is 1. The molecule has 0 saturated heterocycles. The maximum atomic E-state index is 11.9. The van der Waals surface area contributed by atoms with Gasteiger partial charge in [0.25, 0.3) is 0 Å². The summed E-state index contributed by atoms with van der Waals surface area (Å²) in [4.78, 5) is 11.9. The van der Waals surface area contributed by atoms with Gasteiger partial charge in [0.1, 0.15) is 5.41 Å². The largest absolute Gasteiger partial charge is 0.355 e. The molecule has 16 heavy (non-hydrogen) atoms. The van der Waals surface area contributed by atoms with Crippen LogP contribution in [-0.2, 0) is 4.79 Å². The second-order valence-corrected chi connectivity index (χ2v) is 4.32. The van der Waals surface area contributed by atoms with Gasteiger partial charge in [0, 0.05) is 13.0 Å². The van der Waals surface area contributed by atoms with Crippen LogP contribution < -0.4 is 5.32 Å². The number of nitriles is 1. The molecule has 1 amide bonds. The number of unbranched alkanes of at least 4 members (excludes halogenated alkanes) is 2. The quantitative estimate of drug-likeness (QED) is 0.566. The highest BCUT2D eigenvalue weighted by Gasteiger charge is 2.41. The zero-order valence-corrected chi connectivity index (χ0v) is 9.59. The van der Waals surface area contributed by atoms with Gasteiger partial charge in [0.2, 0.25) is 5.91 Å². The standard InChI is InChI=1S/C13H18N2O/c1-2-3-4-7-10-15-12(16)13(11-14)8-5-6-9-13/h1H,3-10H2,(H,15,16). The summed E-state index contributed by atoms with van der Waals surface area (Å²) >= 11 is 0. The van der Waals surface area contributed by atoms with E-state index in [1.807, 2.05) is 0 Å². The van der Waals surface area contributed by atoms with Crippen molar-refractivity contribution >= 4 is 5.91 Å². The van der Waals surface area contributed by atoms with E-state index in [9.17, 15) is 4.79 Å². The lowest BCUT2D eigenvalue weighted by Crippen LogP contribution is -2.38. The summed E-state index contributed by atoms with van der Waals surface area (Å²) in [6.07, 6.45) is 11.1. The Kier molecular flexibility index (Phi) is 4.86. The molecule has 0 aliphatic heterocycles. The van der Waals surface area contributed by atoms with Crippen molar-refractivity contribution in [2.24, 2.45) is 5.41 Å². The van der Waals surface area contributed by atoms with E-state index in [4.69, 9.17) is 11.7 Å². The first kappa shape index (κ1) is 12.6. The molecule has 3 nitrogen and oxygen atoms in total. The van der Waals surface area contributed by atoms with Crippen LogP contribution in [0.5, 0.6) is 0 Å². The van der Waals surface area contributed by atoms with Crippen LogP contribution in [0, 0.1) is 29.1 Å². The number of nitrogens with zero attached hydrogens (tertiary/aromatic N) is 1. The minimum absolute atomic E-state index is 0.0896. The van der Waals surface area contributed by atoms with Gasteiger partial charge in [-0.2, -0.15) is 5.26 Å². The number of hydrogen-bond donors (Lipinski definition) is 1. The summed E-state index contributed by atoms with van der Waals surface area (Å²) in [6, 6.07) is 2.18. The number of carbonyl (C=O) groups excluding carboxylic acids is 1. The van der Waals surface area contributed by atoms with Crippen molar-refractivity contribution in [2.45, 2.75) is 44.9 Å². The molecule has 1 aliphatic carbocycles. The molecule has 0 aromatic rings. The van der Waals surface area contributed by atoms with Gasteiger partial charge in [0.05, 0.1) is 6.07 Å². The van der Waals surface area contributed by atoms with E-state index in [0.29, 0.717) is 19.4 Å². The molecule has 1 rings (SSSR count). The minimum atomic E-state index is -0.744. The van der Waals surface area contributed by atoms with Gasteiger partial charge in [-0.15, -0.1) is 12.3 Å². The Hall–Kier alpha value is -1.48. The third kappa shape index (κ3) is 3.00. The molecule has 0 spiro atoms. The smallest absolute Gasteiger partial charge is 0.240 e. The van der Waals surface area contributed by atoms with E-state index in [-0.39, 0.29) is 5.91 Å². The van der Waals surface area contributed by atoms with Crippen LogP contribution in [0.4, 0.5) is 0 Å². The van der Waals surface area contributed by atoms with E-state index in [1.165, 1.54) is 0 Å². The number of hydrogen-bond acceptors (Lipinski definition) is 2. The molecule has 1 saturated carbocycles. The average molecular weight is 218 g/mol. The average Bonchev–Trinajstić information content (AvgIpc) is 2.78. The van der Waals surface area contributed by atoms with E-state index in [2.05, 4.69) is 17.3 Å². The lowest BCUT2D eigenvalue weighted by atomic mass is 9.87. The predicted octanol–water partition coefficient (Wildman–Crippen LogP) is 1.99. The van der Waals surface area contributed by atoms with Crippen molar-refractivity contribution < 1.29 is 4.79 Å². The normalized spacial score (nSPS) is 17.4. The molecular weight excluding hydrogens is 200 g/mol. The highest BCUT2D eigenvalue weighted by atomic mass is 16.2. The second kappa shape index (κ2) is 6.18. The van der Waals surface area contributed by atoms with Crippen LogP contribution in [0.3, 0.4) is 0 Å². The van der Waals surface area contributed by atoms with Crippen LogP contribution in [0.2, 0.25) is 0 Å². The molecule has 3 heteroatoms. The van der Waals surface area contributed by atoms with E-state index < -0.39 is 5.41 Å². The van der Waals surface area contributed by atoms with Crippen molar-refractivity contribution in [2.75, 3.05) is 6.54 Å². The molecule has 86 valence electrons. The van der Waals surface area contributed by atoms with Gasteiger partial charge in [0.15, 0.2) is 0 Å². The third-order valence-electron chi connectivity index (χ3n) is 3.14. The lowest BCUT2D eigenvalue weighted by Gasteiger charge is -2.18. The van der Waals surface area contributed by atoms with Gasteiger partial charge in [-0.25, -0.2) is 0 Å². The van der Waals surface area contributed by atoms with Gasteiger partial charge < -0.3 is 5.32 Å². The Morgan fingerprint density at radius 1 is 1.38 bits per heavy atom. The Morgan fingerprint density at radius 2 is 2.06 bits per heavy atom. The molecule has 0 unspecified atom stereocenters. The lowest BCUT2D eigenvalue weighted by molar-refractivity contribution is -0.127. The molecule has 1 aliphatic rings. The summed E-state index contributed by atoms with van der Waals surface area (Å²) < 4.78 is 0. The van der Waals surface area contributed by atoms with Crippen molar-refractivity contribution in [3.05, 3.63) is 0 Å². The molecule has 0 aromatic carbocycles. The van der Waals surface area contributed by atoms with Gasteiger partial charge >= 0.3 is 0 Å². The Labute approximate surface area is 97.2 Å². The topological polar surface area (TPSA) is 52.9 Å². The fourth-order valence-electron chi connectivity index (χ4n) is 2.09. The SMILES string of the molecule is C#CCCCCNC(=O)C1(C#N)CCCC1. The number of carbonyl (C=O) groups is 1. The highest BCUT2D eigenvalue weighted by Crippen LogP contribution is 2.37. The molecular formula is C13H18N2O. The molecule has 0 atom stereocenters. The van der Waals surface area contributed by atoms with Gasteiger partial charge in [-0.3, -0.25) is 4.79 Å². The maximum Gasteiger partial charge on any atom is 0.240 e. The molecule has 0 bridgehead atoms. The summed E-state index contributed by atoms with van der Waals surface area (Å²) in [6.45, 7) is 0.629. The Bertz CT molecular complexity index is 316. The van der Waals surface area contributed by atoms with Crippen LogP contribution in [0.15, 0.2) is 0 Å². The predicted molar refractivity (Wildman–Crippen MR) is 62.2 cm³/mol. The first-order valence-electron chi connectivity index (χ1n) is 5.88. The van der Waals surface area contributed by atoms with Gasteiger partial charge in [-0.05, 0) is 25.7 Å². The molecule has 0 heterocycles. The van der Waals surface area contributed by atoms with Crippen molar-refractivity contribution in [3.63, 3.8) is 0 Å². The van der Waals surface area contributed by atoms with Crippen LogP contribution in [0.25, 0.3) is 0 Å². The molecule has 0 radical (unpaired) electrons. The van der Waals surface area contributed by atoms with Crippen molar-refractivity contribution in [1.29, 1.82) is 5.26 Å². The summed E-state index contributed by atoms with van der Waals surface area (Å²) in [5, 5.41) is 11.9. The van der Waals surface area contributed by atoms with E-state index >= 15 is 0 Å². The Morgan fingerprint density at radius 3 is 2.62 bits per heavy atom. The minimum Gasteiger partial charge on any atom is -0.355 e. The summed E-state index contributed by atoms with van der Waals surface area (Å²) in [7, 11) is 0. The zero-order chi connectivity index (χ0) is 11.9. The summed E-state index contributed by atoms with van der Waals surface area (Å²) in [5.41, 5.74) is -0.744. The number of rotatable bonds is 5. The van der Waals surface area contributed by atoms with E-state index in [1.54, 1.807) is 0 Å². The fourth-order valence-corrected chi connectivity index (χ4v) is 2.09. The first-order valence-corrected chi connectivity index (χ1v) is 5.88. The molecule has 1 fully saturated rings. The number of terminal acetylenes is 1. The second-order valence-electron chi connectivity index (χ2n) is 4.32. The Balaban J connectivity index is 2.29. The summed E-state index contributed by atoms with van der Waals surface area (Å²) in [5.74, 6) is 2.47. The van der Waals surface area contributed by atoms with Crippen LogP contribution in [-0.4, -0.2) is 12.5 Å². The fraction of sp³-hybridized carbons (Fsp3) is 0.692. The number of nitrogens with one attached hydrogen (secondary N) is 1. The van der Waals surface area contributed by atoms with E-state index in [0.717, 1.165) is 32.1 Å². The van der Waals surface area contributed by atoms with Crippen LogP contribution in [0.1, 0.15) is 44.9 Å². The third-order valence-corrected chi connectivity index (χ3v) is 3.14.